The first-order chi connectivity index (χ1) is 16.3. The summed E-state index contributed by atoms with van der Waals surface area (Å²) in [5.41, 5.74) is 8.77. The summed E-state index contributed by atoms with van der Waals surface area (Å²) in [7, 11) is 0. The van der Waals surface area contributed by atoms with E-state index in [-0.39, 0.29) is 5.91 Å². The predicted octanol–water partition coefficient (Wildman–Crippen LogP) is 7.03. The summed E-state index contributed by atoms with van der Waals surface area (Å²) in [6.07, 6.45) is 14.4. The molecule has 0 saturated carbocycles. The third-order valence-corrected chi connectivity index (χ3v) is 7.13. The summed E-state index contributed by atoms with van der Waals surface area (Å²) in [5.74, 6) is 0.0209. The van der Waals surface area contributed by atoms with E-state index in [1.54, 1.807) is 0 Å². The number of aryl methyl sites for hydroxylation is 1. The molecule has 0 bridgehead atoms. The molecule has 3 heteroatoms. The Hall–Kier alpha value is -3.07. The fourth-order valence-electron chi connectivity index (χ4n) is 5.32. The maximum absolute atomic E-state index is 12.7. The molecule has 0 saturated heterocycles. The number of nitrogens with zero attached hydrogens (tertiary/aromatic N) is 1. The normalized spacial score (nSPS) is 15.9. The maximum atomic E-state index is 12.7. The third-order valence-electron chi connectivity index (χ3n) is 7.13. The van der Waals surface area contributed by atoms with Crippen LogP contribution in [0.15, 0.2) is 72.3 Å². The van der Waals surface area contributed by atoms with E-state index in [2.05, 4.69) is 64.5 Å². The first kappa shape index (κ1) is 21.8. The van der Waals surface area contributed by atoms with Crippen LogP contribution < -0.4 is 5.32 Å². The van der Waals surface area contributed by atoms with E-state index in [0.717, 1.165) is 37.1 Å². The molecule has 0 radical (unpaired) electrons. The van der Waals surface area contributed by atoms with Gasteiger partial charge in [-0.2, -0.15) is 0 Å². The Labute approximate surface area is 197 Å². The molecule has 2 aliphatic rings. The number of benzene rings is 2. The molecule has 2 aromatic carbocycles. The third kappa shape index (κ3) is 4.98. The van der Waals surface area contributed by atoms with E-state index in [4.69, 9.17) is 0 Å². The SMILES string of the molecule is O=C(NCCC1=CCCCC1)c1ccc(-n2c(-c3ccccc3)cc3c2CCCCC3)cc1. The lowest BCUT2D eigenvalue weighted by Crippen LogP contribution is -2.24. The molecule has 1 amide bonds. The van der Waals surface area contributed by atoms with Crippen LogP contribution in [0, 0.1) is 0 Å². The average molecular weight is 439 g/mol. The van der Waals surface area contributed by atoms with Crippen molar-refractivity contribution in [1.29, 1.82) is 0 Å². The van der Waals surface area contributed by atoms with Crippen molar-refractivity contribution in [3.63, 3.8) is 0 Å². The van der Waals surface area contributed by atoms with Gasteiger partial charge in [0, 0.05) is 23.5 Å². The number of carbonyl (C=O) groups excluding carboxylic acids is 1. The molecule has 1 aromatic heterocycles. The monoisotopic (exact) mass is 438 g/mol. The predicted molar refractivity (Wildman–Crippen MR) is 136 cm³/mol. The van der Waals surface area contributed by atoms with Crippen molar-refractivity contribution >= 4 is 5.91 Å². The van der Waals surface area contributed by atoms with Gasteiger partial charge < -0.3 is 9.88 Å². The number of allylic oxidation sites excluding steroid dienone is 1. The molecule has 0 fully saturated rings. The number of rotatable bonds is 6. The zero-order chi connectivity index (χ0) is 22.5. The Morgan fingerprint density at radius 3 is 2.42 bits per heavy atom. The molecule has 1 N–H and O–H groups in total. The van der Waals surface area contributed by atoms with Crippen LogP contribution >= 0.6 is 0 Å². The topological polar surface area (TPSA) is 34.0 Å². The highest BCUT2D eigenvalue weighted by atomic mass is 16.1. The van der Waals surface area contributed by atoms with Crippen molar-refractivity contribution in [1.82, 2.24) is 9.88 Å². The highest BCUT2D eigenvalue weighted by molar-refractivity contribution is 5.94. The van der Waals surface area contributed by atoms with E-state index < -0.39 is 0 Å². The molecule has 170 valence electrons. The van der Waals surface area contributed by atoms with Crippen LogP contribution in [0.1, 0.15) is 73.0 Å². The quantitative estimate of drug-likeness (QED) is 0.325. The molecule has 0 aliphatic heterocycles. The molecule has 0 unspecified atom stereocenters. The first-order valence-corrected chi connectivity index (χ1v) is 12.6. The molecule has 1 heterocycles. The Bertz CT molecular complexity index is 1120. The molecular formula is C30H34N2O. The van der Waals surface area contributed by atoms with Gasteiger partial charge in [0.15, 0.2) is 0 Å². The molecule has 0 atom stereocenters. The summed E-state index contributed by atoms with van der Waals surface area (Å²) >= 11 is 0. The highest BCUT2D eigenvalue weighted by Crippen LogP contribution is 2.33. The number of aromatic nitrogens is 1. The van der Waals surface area contributed by atoms with Crippen LogP contribution in [0.3, 0.4) is 0 Å². The molecule has 5 rings (SSSR count). The Morgan fingerprint density at radius 2 is 1.64 bits per heavy atom. The lowest BCUT2D eigenvalue weighted by Gasteiger charge is -2.15. The van der Waals surface area contributed by atoms with Crippen LogP contribution in [-0.2, 0) is 12.8 Å². The Kier molecular flexibility index (Phi) is 6.76. The minimum Gasteiger partial charge on any atom is -0.352 e. The van der Waals surface area contributed by atoms with E-state index in [1.807, 2.05) is 12.1 Å². The number of amides is 1. The zero-order valence-electron chi connectivity index (χ0n) is 19.5. The van der Waals surface area contributed by atoms with Crippen molar-refractivity contribution < 1.29 is 4.79 Å². The van der Waals surface area contributed by atoms with Crippen LogP contribution in [0.25, 0.3) is 16.9 Å². The lowest BCUT2D eigenvalue weighted by molar-refractivity contribution is 0.0954. The number of carbonyl (C=O) groups is 1. The van der Waals surface area contributed by atoms with Gasteiger partial charge in [0.05, 0.1) is 5.69 Å². The Balaban J connectivity index is 1.36. The van der Waals surface area contributed by atoms with Gasteiger partial charge in [0.25, 0.3) is 5.91 Å². The lowest BCUT2D eigenvalue weighted by atomic mass is 9.97. The van der Waals surface area contributed by atoms with Crippen molar-refractivity contribution in [2.24, 2.45) is 0 Å². The second kappa shape index (κ2) is 10.2. The van der Waals surface area contributed by atoms with Gasteiger partial charge in [-0.25, -0.2) is 0 Å². The molecule has 33 heavy (non-hydrogen) atoms. The summed E-state index contributed by atoms with van der Waals surface area (Å²) < 4.78 is 2.42. The van der Waals surface area contributed by atoms with Crippen LogP contribution in [0.2, 0.25) is 0 Å². The van der Waals surface area contributed by atoms with E-state index >= 15 is 0 Å². The van der Waals surface area contributed by atoms with E-state index in [1.165, 1.54) is 73.0 Å². The second-order valence-electron chi connectivity index (χ2n) is 9.42. The van der Waals surface area contributed by atoms with Crippen molar-refractivity contribution in [2.45, 2.75) is 64.2 Å². The smallest absolute Gasteiger partial charge is 0.251 e. The van der Waals surface area contributed by atoms with Crippen LogP contribution in [0.4, 0.5) is 0 Å². The molecule has 0 spiro atoms. The number of hydrogen-bond donors (Lipinski definition) is 1. The fourth-order valence-corrected chi connectivity index (χ4v) is 5.32. The molecule has 3 nitrogen and oxygen atoms in total. The maximum Gasteiger partial charge on any atom is 0.251 e. The standard InChI is InChI=1S/C30H34N2O/c33-30(31-21-20-23-10-4-1-5-11-23)25-16-18-27(19-17-25)32-28-15-9-3-8-14-26(28)22-29(32)24-12-6-2-7-13-24/h2,6-7,10,12-13,16-19,22H,1,3-5,8-9,11,14-15,20-21H2,(H,31,33). The summed E-state index contributed by atoms with van der Waals surface area (Å²) in [5, 5.41) is 3.11. The number of nitrogens with one attached hydrogen (secondary N) is 1. The van der Waals surface area contributed by atoms with Gasteiger partial charge >= 0.3 is 0 Å². The van der Waals surface area contributed by atoms with Gasteiger partial charge in [-0.3, -0.25) is 4.79 Å². The molecular weight excluding hydrogens is 404 g/mol. The molecule has 3 aromatic rings. The second-order valence-corrected chi connectivity index (χ2v) is 9.42. The highest BCUT2D eigenvalue weighted by Gasteiger charge is 2.19. The van der Waals surface area contributed by atoms with Gasteiger partial charge in [0.2, 0.25) is 0 Å². The fraction of sp³-hybridized carbons (Fsp3) is 0.367. The summed E-state index contributed by atoms with van der Waals surface area (Å²) in [4.78, 5) is 12.7. The van der Waals surface area contributed by atoms with Gasteiger partial charge in [0.1, 0.15) is 0 Å². The summed E-state index contributed by atoms with van der Waals surface area (Å²) in [6.45, 7) is 0.718. The van der Waals surface area contributed by atoms with Gasteiger partial charge in [-0.15, -0.1) is 0 Å². The van der Waals surface area contributed by atoms with Crippen LogP contribution in [-0.4, -0.2) is 17.0 Å². The largest absolute Gasteiger partial charge is 0.352 e. The van der Waals surface area contributed by atoms with E-state index in [9.17, 15) is 4.79 Å². The van der Waals surface area contributed by atoms with Crippen molar-refractivity contribution in [3.8, 4) is 16.9 Å². The van der Waals surface area contributed by atoms with Gasteiger partial charge in [-0.1, -0.05) is 48.4 Å². The zero-order valence-corrected chi connectivity index (χ0v) is 19.5. The first-order valence-electron chi connectivity index (χ1n) is 12.6. The van der Waals surface area contributed by atoms with Crippen molar-refractivity contribution in [3.05, 3.63) is 89.1 Å². The number of fused-ring (bicyclic) bond motifs is 1. The van der Waals surface area contributed by atoms with Gasteiger partial charge in [-0.05, 0) is 99.2 Å². The van der Waals surface area contributed by atoms with Crippen molar-refractivity contribution in [2.75, 3.05) is 6.54 Å². The summed E-state index contributed by atoms with van der Waals surface area (Å²) in [6, 6.07) is 21.2. The minimum absolute atomic E-state index is 0.0209. The number of hydrogen-bond acceptors (Lipinski definition) is 1. The molecule has 2 aliphatic carbocycles. The van der Waals surface area contributed by atoms with E-state index in [0.29, 0.717) is 0 Å². The Morgan fingerprint density at radius 1 is 0.848 bits per heavy atom. The minimum atomic E-state index is 0.0209. The van der Waals surface area contributed by atoms with Crippen LogP contribution in [0.5, 0.6) is 0 Å². The average Bonchev–Trinajstić information content (AvgIpc) is 3.07.